The Bertz CT molecular complexity index is 991. The largest absolute Gasteiger partial charge is 0.452 e. The van der Waals surface area contributed by atoms with Crippen molar-refractivity contribution in [1.82, 2.24) is 4.90 Å². The van der Waals surface area contributed by atoms with Gasteiger partial charge in [-0.3, -0.25) is 9.59 Å². The van der Waals surface area contributed by atoms with Crippen molar-refractivity contribution >= 4 is 46.5 Å². The summed E-state index contributed by atoms with van der Waals surface area (Å²) < 4.78 is 19.4. The van der Waals surface area contributed by atoms with Crippen LogP contribution < -0.4 is 4.90 Å². The van der Waals surface area contributed by atoms with Gasteiger partial charge in [0, 0.05) is 31.7 Å². The van der Waals surface area contributed by atoms with Crippen molar-refractivity contribution in [3.8, 4) is 0 Å². The molecule has 158 valence electrons. The Hall–Kier alpha value is -2.64. The molecule has 30 heavy (non-hydrogen) atoms. The molecule has 0 saturated carbocycles. The van der Waals surface area contributed by atoms with E-state index in [1.807, 2.05) is 4.90 Å². The van der Waals surface area contributed by atoms with Gasteiger partial charge in [-0.2, -0.15) is 0 Å². The average Bonchev–Trinajstić information content (AvgIpc) is 2.73. The van der Waals surface area contributed by atoms with Crippen molar-refractivity contribution in [3.63, 3.8) is 0 Å². The number of carbonyl (C=O) groups is 3. The molecule has 0 atom stereocenters. The first-order valence-electron chi connectivity index (χ1n) is 9.21. The Morgan fingerprint density at radius 2 is 1.63 bits per heavy atom. The molecule has 2 aromatic rings. The minimum Gasteiger partial charge on any atom is -0.452 e. The molecule has 1 saturated heterocycles. The van der Waals surface area contributed by atoms with Crippen LogP contribution in [0.25, 0.3) is 0 Å². The van der Waals surface area contributed by atoms with E-state index in [2.05, 4.69) is 0 Å². The summed E-state index contributed by atoms with van der Waals surface area (Å²) in [4.78, 5) is 39.2. The number of nitrogens with zero attached hydrogens (tertiary/aromatic N) is 2. The number of hydrogen-bond acceptors (Lipinski definition) is 5. The molecule has 0 unspecified atom stereocenters. The third kappa shape index (κ3) is 5.09. The summed E-state index contributed by atoms with van der Waals surface area (Å²) >= 11 is 11.7. The Labute approximate surface area is 183 Å². The third-order valence-corrected chi connectivity index (χ3v) is 5.55. The first-order valence-corrected chi connectivity index (χ1v) is 9.97. The molecule has 1 aliphatic heterocycles. The summed E-state index contributed by atoms with van der Waals surface area (Å²) in [7, 11) is 0. The maximum atomic E-state index is 14.3. The molecule has 1 aliphatic rings. The monoisotopic (exact) mass is 452 g/mol. The highest BCUT2D eigenvalue weighted by Crippen LogP contribution is 2.24. The van der Waals surface area contributed by atoms with Gasteiger partial charge in [-0.05, 0) is 43.3 Å². The number of carbonyl (C=O) groups excluding carboxylic acids is 3. The molecule has 0 aromatic heterocycles. The Kier molecular flexibility index (Phi) is 6.95. The molecular weight excluding hydrogens is 434 g/mol. The molecule has 1 fully saturated rings. The van der Waals surface area contributed by atoms with Gasteiger partial charge in [0.2, 0.25) is 0 Å². The predicted molar refractivity (Wildman–Crippen MR) is 112 cm³/mol. The lowest BCUT2D eigenvalue weighted by molar-refractivity contribution is -0.134. The number of ether oxygens (including phenoxy) is 1. The van der Waals surface area contributed by atoms with E-state index in [-0.39, 0.29) is 22.3 Å². The van der Waals surface area contributed by atoms with Crippen molar-refractivity contribution in [1.29, 1.82) is 0 Å². The zero-order valence-electron chi connectivity index (χ0n) is 16.2. The van der Waals surface area contributed by atoms with E-state index < -0.39 is 18.4 Å². The quantitative estimate of drug-likeness (QED) is 0.509. The summed E-state index contributed by atoms with van der Waals surface area (Å²) in [6.07, 6.45) is 0. The fraction of sp³-hybridized carbons (Fsp3) is 0.286. The molecule has 0 bridgehead atoms. The highest BCUT2D eigenvalue weighted by molar-refractivity contribution is 6.42. The Morgan fingerprint density at radius 3 is 2.23 bits per heavy atom. The van der Waals surface area contributed by atoms with Gasteiger partial charge in [0.05, 0.1) is 21.3 Å². The predicted octanol–water partition coefficient (Wildman–Crippen LogP) is 3.84. The zero-order chi connectivity index (χ0) is 21.8. The number of benzene rings is 2. The smallest absolute Gasteiger partial charge is 0.338 e. The number of amides is 1. The number of ketones is 1. The van der Waals surface area contributed by atoms with Gasteiger partial charge >= 0.3 is 5.97 Å². The van der Waals surface area contributed by atoms with E-state index in [1.165, 1.54) is 31.2 Å². The maximum absolute atomic E-state index is 14.3. The molecule has 1 amide bonds. The van der Waals surface area contributed by atoms with Crippen molar-refractivity contribution < 1.29 is 23.5 Å². The number of anilines is 1. The molecule has 2 aromatic carbocycles. The molecule has 0 aliphatic carbocycles. The molecule has 6 nitrogen and oxygen atoms in total. The summed E-state index contributed by atoms with van der Waals surface area (Å²) in [5.74, 6) is -1.69. The van der Waals surface area contributed by atoms with Crippen LogP contribution in [0.4, 0.5) is 10.1 Å². The average molecular weight is 453 g/mol. The lowest BCUT2D eigenvalue weighted by Gasteiger charge is -2.36. The van der Waals surface area contributed by atoms with Crippen LogP contribution in [0.2, 0.25) is 10.0 Å². The second kappa shape index (κ2) is 9.45. The van der Waals surface area contributed by atoms with Crippen LogP contribution in [0, 0.1) is 5.82 Å². The van der Waals surface area contributed by atoms with E-state index in [1.54, 1.807) is 17.0 Å². The number of halogens is 3. The SMILES string of the molecule is CC(=O)c1ccc(N2CCN(C(=O)COC(=O)c3ccc(Cl)c(Cl)c3)CC2)c(F)c1. The van der Waals surface area contributed by atoms with Crippen LogP contribution in [-0.2, 0) is 9.53 Å². The number of esters is 1. The minimum atomic E-state index is -0.673. The Balaban J connectivity index is 1.52. The summed E-state index contributed by atoms with van der Waals surface area (Å²) in [5, 5.41) is 0.534. The topological polar surface area (TPSA) is 66.9 Å². The minimum absolute atomic E-state index is 0.200. The van der Waals surface area contributed by atoms with Crippen LogP contribution in [-0.4, -0.2) is 55.3 Å². The molecule has 0 N–H and O–H groups in total. The molecular formula is C21H19Cl2FN2O4. The van der Waals surface area contributed by atoms with E-state index in [9.17, 15) is 18.8 Å². The number of rotatable bonds is 5. The second-order valence-electron chi connectivity index (χ2n) is 6.80. The highest BCUT2D eigenvalue weighted by atomic mass is 35.5. The number of piperazine rings is 1. The number of Topliss-reactive ketones (excluding diaryl/α,β-unsaturated/α-hetero) is 1. The standard InChI is InChI=1S/C21H19Cl2FN2O4/c1-13(27)14-3-5-19(18(24)11-14)25-6-8-26(9-7-25)20(28)12-30-21(29)15-2-4-16(22)17(23)10-15/h2-5,10-11H,6-9,12H2,1H3. The van der Waals surface area contributed by atoms with Gasteiger partial charge in [-0.15, -0.1) is 0 Å². The molecule has 3 rings (SSSR count). The fourth-order valence-electron chi connectivity index (χ4n) is 3.10. The summed E-state index contributed by atoms with van der Waals surface area (Å²) in [6, 6.07) is 8.69. The van der Waals surface area contributed by atoms with Crippen molar-refractivity contribution in [2.24, 2.45) is 0 Å². The highest BCUT2D eigenvalue weighted by Gasteiger charge is 2.24. The molecule has 9 heteroatoms. The van der Waals surface area contributed by atoms with Crippen LogP contribution in [0.15, 0.2) is 36.4 Å². The van der Waals surface area contributed by atoms with Gasteiger partial charge in [0.1, 0.15) is 5.82 Å². The summed E-state index contributed by atoms with van der Waals surface area (Å²) in [6.45, 7) is 2.54. The third-order valence-electron chi connectivity index (χ3n) is 4.81. The lowest BCUT2D eigenvalue weighted by atomic mass is 10.1. The second-order valence-corrected chi connectivity index (χ2v) is 7.61. The molecule has 0 radical (unpaired) electrons. The van der Waals surface area contributed by atoms with Crippen LogP contribution >= 0.6 is 23.2 Å². The number of hydrogen-bond donors (Lipinski definition) is 0. The van der Waals surface area contributed by atoms with Crippen LogP contribution in [0.3, 0.4) is 0 Å². The molecule has 0 spiro atoms. The van der Waals surface area contributed by atoms with Gasteiger partial charge < -0.3 is 14.5 Å². The van der Waals surface area contributed by atoms with Gasteiger partial charge in [0.15, 0.2) is 12.4 Å². The van der Waals surface area contributed by atoms with Crippen molar-refractivity contribution in [2.75, 3.05) is 37.7 Å². The van der Waals surface area contributed by atoms with Crippen molar-refractivity contribution in [2.45, 2.75) is 6.92 Å². The first-order chi connectivity index (χ1) is 14.3. The van der Waals surface area contributed by atoms with Crippen molar-refractivity contribution in [3.05, 3.63) is 63.4 Å². The first kappa shape index (κ1) is 22.1. The zero-order valence-corrected chi connectivity index (χ0v) is 17.7. The Morgan fingerprint density at radius 1 is 0.967 bits per heavy atom. The molecule has 1 heterocycles. The van der Waals surface area contributed by atoms with Gasteiger partial charge in [0.25, 0.3) is 5.91 Å². The van der Waals surface area contributed by atoms with Gasteiger partial charge in [-0.1, -0.05) is 23.2 Å². The maximum Gasteiger partial charge on any atom is 0.338 e. The van der Waals surface area contributed by atoms with Gasteiger partial charge in [-0.25, -0.2) is 9.18 Å². The lowest BCUT2D eigenvalue weighted by Crippen LogP contribution is -2.50. The van der Waals surface area contributed by atoms with Crippen LogP contribution in [0.1, 0.15) is 27.6 Å². The van der Waals surface area contributed by atoms with E-state index in [0.29, 0.717) is 42.5 Å². The van der Waals surface area contributed by atoms with E-state index >= 15 is 0 Å². The van der Waals surface area contributed by atoms with E-state index in [4.69, 9.17) is 27.9 Å². The summed E-state index contributed by atoms with van der Waals surface area (Å²) in [5.41, 5.74) is 0.901. The fourth-order valence-corrected chi connectivity index (χ4v) is 3.40. The normalized spacial score (nSPS) is 13.9. The van der Waals surface area contributed by atoms with Crippen LogP contribution in [0.5, 0.6) is 0 Å². The van der Waals surface area contributed by atoms with E-state index in [0.717, 1.165) is 0 Å².